The van der Waals surface area contributed by atoms with Crippen molar-refractivity contribution in [1.82, 2.24) is 24.9 Å². The number of nitrogens with one attached hydrogen (secondary N) is 2. The number of aromatic nitrogens is 5. The minimum atomic E-state index is 0.721. The first kappa shape index (κ1) is 9.35. The van der Waals surface area contributed by atoms with Gasteiger partial charge in [0.1, 0.15) is 0 Å². The standard InChI is InChI=1S/C13H9N5/c1-3-8-10(14-5-1)7-11(16-8)13-17-9-4-2-6-15-12(9)18-13/h1-7,16H,(H,15,17,18). The van der Waals surface area contributed by atoms with Gasteiger partial charge in [-0.2, -0.15) is 0 Å². The molecule has 4 aromatic rings. The third-order valence-corrected chi connectivity index (χ3v) is 2.90. The van der Waals surface area contributed by atoms with Crippen LogP contribution in [0.4, 0.5) is 0 Å². The zero-order valence-corrected chi connectivity index (χ0v) is 9.38. The summed E-state index contributed by atoms with van der Waals surface area (Å²) in [4.78, 5) is 19.5. The maximum Gasteiger partial charge on any atom is 0.178 e. The van der Waals surface area contributed by atoms with Gasteiger partial charge in [-0.25, -0.2) is 9.97 Å². The fourth-order valence-electron chi connectivity index (χ4n) is 2.06. The molecule has 4 rings (SSSR count). The number of hydrogen-bond donors (Lipinski definition) is 2. The summed E-state index contributed by atoms with van der Waals surface area (Å²) in [5, 5.41) is 0. The summed E-state index contributed by atoms with van der Waals surface area (Å²) in [6.07, 6.45) is 3.51. The first-order valence-electron chi connectivity index (χ1n) is 5.65. The molecule has 0 saturated heterocycles. The van der Waals surface area contributed by atoms with Crippen LogP contribution in [0.3, 0.4) is 0 Å². The minimum absolute atomic E-state index is 0.721. The van der Waals surface area contributed by atoms with E-state index in [4.69, 9.17) is 0 Å². The molecule has 0 fully saturated rings. The van der Waals surface area contributed by atoms with Crippen LogP contribution in [0.25, 0.3) is 33.7 Å². The van der Waals surface area contributed by atoms with Crippen molar-refractivity contribution >= 4 is 22.2 Å². The Hall–Kier alpha value is -2.69. The number of imidazole rings is 1. The van der Waals surface area contributed by atoms with E-state index in [0.29, 0.717) is 0 Å². The van der Waals surface area contributed by atoms with Crippen LogP contribution >= 0.6 is 0 Å². The zero-order chi connectivity index (χ0) is 11.9. The van der Waals surface area contributed by atoms with Crippen LogP contribution in [0.15, 0.2) is 42.7 Å². The van der Waals surface area contributed by atoms with Crippen molar-refractivity contribution in [3.05, 3.63) is 42.7 Å². The van der Waals surface area contributed by atoms with Crippen LogP contribution in [0, 0.1) is 0 Å². The fourth-order valence-corrected chi connectivity index (χ4v) is 2.06. The minimum Gasteiger partial charge on any atom is -0.351 e. The predicted octanol–water partition coefficient (Wildman–Crippen LogP) is 2.50. The Bertz CT molecular complexity index is 704. The van der Waals surface area contributed by atoms with Crippen LogP contribution in [0.2, 0.25) is 0 Å². The SMILES string of the molecule is c1cnc2cc(-c3nc4ncccc4[nH]3)[nH]c2c1. The molecule has 4 heterocycles. The topological polar surface area (TPSA) is 70.2 Å². The average Bonchev–Trinajstić information content (AvgIpc) is 3.02. The smallest absolute Gasteiger partial charge is 0.178 e. The van der Waals surface area contributed by atoms with E-state index in [1.54, 1.807) is 12.4 Å². The second-order valence-corrected chi connectivity index (χ2v) is 4.08. The van der Waals surface area contributed by atoms with E-state index in [1.807, 2.05) is 30.3 Å². The lowest BCUT2D eigenvalue weighted by Crippen LogP contribution is -1.78. The van der Waals surface area contributed by atoms with Gasteiger partial charge in [-0.05, 0) is 30.3 Å². The van der Waals surface area contributed by atoms with Crippen molar-refractivity contribution in [1.29, 1.82) is 0 Å². The number of hydrogen-bond acceptors (Lipinski definition) is 3. The van der Waals surface area contributed by atoms with Crippen molar-refractivity contribution in [2.75, 3.05) is 0 Å². The maximum absolute atomic E-state index is 4.45. The molecule has 0 saturated carbocycles. The third-order valence-electron chi connectivity index (χ3n) is 2.90. The molecule has 0 aromatic carbocycles. The lowest BCUT2D eigenvalue weighted by molar-refractivity contribution is 1.27. The Morgan fingerprint density at radius 3 is 2.56 bits per heavy atom. The first-order chi connectivity index (χ1) is 8.90. The molecule has 0 unspecified atom stereocenters. The van der Waals surface area contributed by atoms with Gasteiger partial charge in [0.25, 0.3) is 0 Å². The van der Waals surface area contributed by atoms with E-state index < -0.39 is 0 Å². The molecule has 0 spiro atoms. The lowest BCUT2D eigenvalue weighted by Gasteiger charge is -1.88. The largest absolute Gasteiger partial charge is 0.351 e. The van der Waals surface area contributed by atoms with Crippen molar-refractivity contribution < 1.29 is 0 Å². The van der Waals surface area contributed by atoms with Gasteiger partial charge in [0.2, 0.25) is 0 Å². The zero-order valence-electron chi connectivity index (χ0n) is 9.38. The van der Waals surface area contributed by atoms with E-state index in [0.717, 1.165) is 33.7 Å². The van der Waals surface area contributed by atoms with E-state index in [-0.39, 0.29) is 0 Å². The Labute approximate surface area is 102 Å². The third kappa shape index (κ3) is 1.31. The highest BCUT2D eigenvalue weighted by Crippen LogP contribution is 2.22. The summed E-state index contributed by atoms with van der Waals surface area (Å²) in [5.41, 5.74) is 4.50. The number of H-pyrrole nitrogens is 2. The highest BCUT2D eigenvalue weighted by atomic mass is 15.0. The summed E-state index contributed by atoms with van der Waals surface area (Å²) < 4.78 is 0. The van der Waals surface area contributed by atoms with E-state index in [2.05, 4.69) is 24.9 Å². The molecular weight excluding hydrogens is 226 g/mol. The van der Waals surface area contributed by atoms with Crippen LogP contribution in [-0.2, 0) is 0 Å². The summed E-state index contributed by atoms with van der Waals surface area (Å²) >= 11 is 0. The molecule has 0 atom stereocenters. The van der Waals surface area contributed by atoms with Gasteiger partial charge in [-0.3, -0.25) is 4.98 Å². The van der Waals surface area contributed by atoms with Gasteiger partial charge in [0, 0.05) is 12.4 Å². The average molecular weight is 235 g/mol. The number of fused-ring (bicyclic) bond motifs is 2. The molecule has 2 N–H and O–H groups in total. The molecule has 0 radical (unpaired) electrons. The monoisotopic (exact) mass is 235 g/mol. The Kier molecular flexibility index (Phi) is 1.77. The van der Waals surface area contributed by atoms with Gasteiger partial charge in [-0.15, -0.1) is 0 Å². The van der Waals surface area contributed by atoms with Gasteiger partial charge >= 0.3 is 0 Å². The molecule has 0 aliphatic heterocycles. The predicted molar refractivity (Wildman–Crippen MR) is 69.0 cm³/mol. The van der Waals surface area contributed by atoms with Crippen molar-refractivity contribution in [3.63, 3.8) is 0 Å². The number of aromatic amines is 2. The van der Waals surface area contributed by atoms with Crippen LogP contribution in [0.1, 0.15) is 0 Å². The Morgan fingerprint density at radius 1 is 0.889 bits per heavy atom. The molecule has 0 bridgehead atoms. The van der Waals surface area contributed by atoms with Gasteiger partial charge in [0.05, 0.1) is 22.2 Å². The van der Waals surface area contributed by atoms with Gasteiger partial charge < -0.3 is 9.97 Å². The fraction of sp³-hybridized carbons (Fsp3) is 0. The molecule has 4 aromatic heterocycles. The number of nitrogens with zero attached hydrogens (tertiary/aromatic N) is 3. The Balaban J connectivity index is 1.95. The number of pyridine rings is 2. The van der Waals surface area contributed by atoms with Crippen molar-refractivity contribution in [3.8, 4) is 11.5 Å². The number of rotatable bonds is 1. The molecule has 86 valence electrons. The lowest BCUT2D eigenvalue weighted by atomic mass is 10.3. The highest BCUT2D eigenvalue weighted by Gasteiger charge is 2.08. The molecule has 0 aliphatic carbocycles. The van der Waals surface area contributed by atoms with E-state index in [1.165, 1.54) is 0 Å². The van der Waals surface area contributed by atoms with Crippen LogP contribution < -0.4 is 0 Å². The highest BCUT2D eigenvalue weighted by molar-refractivity contribution is 5.83. The summed E-state index contributed by atoms with van der Waals surface area (Å²) in [6, 6.07) is 9.72. The van der Waals surface area contributed by atoms with Crippen LogP contribution in [0.5, 0.6) is 0 Å². The molecule has 0 amide bonds. The maximum atomic E-state index is 4.45. The first-order valence-corrected chi connectivity index (χ1v) is 5.65. The van der Waals surface area contributed by atoms with Crippen LogP contribution in [-0.4, -0.2) is 24.9 Å². The molecule has 5 heteroatoms. The molecule has 0 aliphatic rings. The second-order valence-electron chi connectivity index (χ2n) is 4.08. The molecule has 5 nitrogen and oxygen atoms in total. The summed E-state index contributed by atoms with van der Waals surface area (Å²) in [7, 11) is 0. The van der Waals surface area contributed by atoms with Gasteiger partial charge in [-0.1, -0.05) is 0 Å². The normalized spacial score (nSPS) is 11.3. The van der Waals surface area contributed by atoms with Crippen molar-refractivity contribution in [2.45, 2.75) is 0 Å². The second kappa shape index (κ2) is 3.40. The molecular formula is C13H9N5. The van der Waals surface area contributed by atoms with E-state index >= 15 is 0 Å². The summed E-state index contributed by atoms with van der Waals surface area (Å²) in [5.74, 6) is 0.779. The van der Waals surface area contributed by atoms with Gasteiger partial charge in [0.15, 0.2) is 11.5 Å². The van der Waals surface area contributed by atoms with Crippen molar-refractivity contribution in [2.24, 2.45) is 0 Å². The molecule has 18 heavy (non-hydrogen) atoms. The van der Waals surface area contributed by atoms with E-state index in [9.17, 15) is 0 Å². The Morgan fingerprint density at radius 2 is 1.72 bits per heavy atom. The summed E-state index contributed by atoms with van der Waals surface area (Å²) in [6.45, 7) is 0. The quantitative estimate of drug-likeness (QED) is 0.532.